The van der Waals surface area contributed by atoms with Crippen LogP contribution in [0.25, 0.3) is 0 Å². The molecule has 114 valence electrons. The van der Waals surface area contributed by atoms with Crippen molar-refractivity contribution in [2.24, 2.45) is 0 Å². The number of rotatable bonds is 2. The van der Waals surface area contributed by atoms with Gasteiger partial charge in [-0.1, -0.05) is 12.1 Å². The maximum Gasteiger partial charge on any atom is 0.441 e. The van der Waals surface area contributed by atoms with Gasteiger partial charge in [-0.3, -0.25) is 4.79 Å². The minimum atomic E-state index is -0.902. The molecule has 0 unspecified atom stereocenters. The lowest BCUT2D eigenvalue weighted by molar-refractivity contribution is -0.131. The van der Waals surface area contributed by atoms with Crippen molar-refractivity contribution in [1.82, 2.24) is 5.48 Å². The van der Waals surface area contributed by atoms with E-state index in [2.05, 4.69) is 4.84 Å². The first-order valence-corrected chi connectivity index (χ1v) is 6.16. The van der Waals surface area contributed by atoms with Crippen molar-refractivity contribution in [2.75, 3.05) is 0 Å². The summed E-state index contributed by atoms with van der Waals surface area (Å²) in [6.07, 6.45) is -0.902. The number of nitrogens with one attached hydrogen (secondary N) is 1. The second-order valence-corrected chi connectivity index (χ2v) is 5.08. The molecule has 0 atom stereocenters. The predicted molar refractivity (Wildman–Crippen MR) is 72.5 cm³/mol. The van der Waals surface area contributed by atoms with Crippen molar-refractivity contribution in [3.63, 3.8) is 0 Å². The van der Waals surface area contributed by atoms with Crippen molar-refractivity contribution in [2.45, 2.75) is 33.3 Å². The molecule has 0 heterocycles. The second kappa shape index (κ2) is 6.74. The highest BCUT2D eigenvalue weighted by Crippen LogP contribution is 2.18. The zero-order valence-corrected chi connectivity index (χ0v) is 12.3. The number of carbonyl (C=O) groups excluding carboxylic acids is 3. The number of benzene rings is 1. The summed E-state index contributed by atoms with van der Waals surface area (Å²) in [6.45, 7) is 6.22. The molecule has 0 saturated carbocycles. The SMILES string of the molecule is CC(=O)Oc1ccccc1C(=O)ONC(=O)OC(C)(C)C. The molecule has 1 amide bonds. The van der Waals surface area contributed by atoms with Crippen LogP contribution in [0.3, 0.4) is 0 Å². The van der Waals surface area contributed by atoms with Crippen molar-refractivity contribution in [3.05, 3.63) is 29.8 Å². The Labute approximate surface area is 122 Å². The van der Waals surface area contributed by atoms with Gasteiger partial charge in [0.05, 0.1) is 0 Å². The number of hydrogen-bond acceptors (Lipinski definition) is 6. The van der Waals surface area contributed by atoms with Gasteiger partial charge in [0.1, 0.15) is 16.9 Å². The van der Waals surface area contributed by atoms with Crippen LogP contribution in [0.4, 0.5) is 4.79 Å². The Morgan fingerprint density at radius 3 is 2.29 bits per heavy atom. The number of hydroxylamine groups is 1. The molecule has 21 heavy (non-hydrogen) atoms. The lowest BCUT2D eigenvalue weighted by atomic mass is 10.2. The first kappa shape index (κ1) is 16.5. The van der Waals surface area contributed by atoms with E-state index in [4.69, 9.17) is 9.47 Å². The van der Waals surface area contributed by atoms with Crippen LogP contribution in [-0.4, -0.2) is 23.6 Å². The molecule has 7 nitrogen and oxygen atoms in total. The van der Waals surface area contributed by atoms with E-state index in [-0.39, 0.29) is 11.3 Å². The summed E-state index contributed by atoms with van der Waals surface area (Å²) in [5, 5.41) is 0. The van der Waals surface area contributed by atoms with E-state index in [1.807, 2.05) is 5.48 Å². The van der Waals surface area contributed by atoms with Crippen molar-refractivity contribution in [1.29, 1.82) is 0 Å². The molecular weight excluding hydrogens is 278 g/mol. The molecule has 1 aromatic carbocycles. The van der Waals surface area contributed by atoms with Gasteiger partial charge in [-0.25, -0.2) is 9.59 Å². The van der Waals surface area contributed by atoms with Gasteiger partial charge in [-0.15, -0.1) is 5.48 Å². The maximum atomic E-state index is 11.8. The quantitative estimate of drug-likeness (QED) is 0.511. The smallest absolute Gasteiger partial charge is 0.441 e. The fourth-order valence-electron chi connectivity index (χ4n) is 1.32. The average molecular weight is 295 g/mol. The number of para-hydroxylation sites is 1. The fourth-order valence-corrected chi connectivity index (χ4v) is 1.32. The zero-order valence-electron chi connectivity index (χ0n) is 12.3. The molecule has 1 N–H and O–H groups in total. The molecule has 0 aliphatic carbocycles. The molecule has 0 bridgehead atoms. The van der Waals surface area contributed by atoms with Crippen LogP contribution >= 0.6 is 0 Å². The molecule has 0 aromatic heterocycles. The van der Waals surface area contributed by atoms with E-state index in [1.165, 1.54) is 19.1 Å². The first-order valence-electron chi connectivity index (χ1n) is 6.16. The molecule has 1 aromatic rings. The summed E-state index contributed by atoms with van der Waals surface area (Å²) in [5.41, 5.74) is 1.15. The lowest BCUT2D eigenvalue weighted by Gasteiger charge is -2.19. The topological polar surface area (TPSA) is 90.9 Å². The number of esters is 1. The third-order valence-electron chi connectivity index (χ3n) is 1.99. The Hall–Kier alpha value is -2.57. The van der Waals surface area contributed by atoms with Crippen LogP contribution in [0.1, 0.15) is 38.1 Å². The third kappa shape index (κ3) is 5.94. The van der Waals surface area contributed by atoms with Gasteiger partial charge in [-0.2, -0.15) is 0 Å². The molecule has 1 rings (SSSR count). The number of hydrogen-bond donors (Lipinski definition) is 1. The number of amides is 1. The van der Waals surface area contributed by atoms with Gasteiger partial charge >= 0.3 is 18.0 Å². The minimum absolute atomic E-state index is 0.00348. The molecule has 0 aliphatic rings. The Balaban J connectivity index is 2.68. The summed E-state index contributed by atoms with van der Waals surface area (Å²) in [6, 6.07) is 6.00. The van der Waals surface area contributed by atoms with Crippen molar-refractivity contribution >= 4 is 18.0 Å². The van der Waals surface area contributed by atoms with Gasteiger partial charge in [0.2, 0.25) is 0 Å². The summed E-state index contributed by atoms with van der Waals surface area (Å²) in [5.74, 6) is -1.41. The van der Waals surface area contributed by atoms with Crippen LogP contribution in [0.5, 0.6) is 5.75 Å². The van der Waals surface area contributed by atoms with Crippen molar-refractivity contribution < 1.29 is 28.7 Å². The molecule has 0 radical (unpaired) electrons. The lowest BCUT2D eigenvalue weighted by Crippen LogP contribution is -2.34. The maximum absolute atomic E-state index is 11.8. The number of carbonyl (C=O) groups is 3. The molecule has 0 saturated heterocycles. The van der Waals surface area contributed by atoms with E-state index in [0.717, 1.165) is 0 Å². The van der Waals surface area contributed by atoms with Crippen LogP contribution in [0.2, 0.25) is 0 Å². The van der Waals surface area contributed by atoms with Gasteiger partial charge in [0, 0.05) is 6.92 Å². The van der Waals surface area contributed by atoms with Crippen LogP contribution in [0.15, 0.2) is 24.3 Å². The van der Waals surface area contributed by atoms with Crippen LogP contribution < -0.4 is 10.2 Å². The predicted octanol–water partition coefficient (Wildman–Crippen LogP) is 2.21. The van der Waals surface area contributed by atoms with Gasteiger partial charge in [0.25, 0.3) is 0 Å². The summed E-state index contributed by atoms with van der Waals surface area (Å²) < 4.78 is 9.78. The van der Waals surface area contributed by atoms with Gasteiger partial charge in [0.15, 0.2) is 0 Å². The highest BCUT2D eigenvalue weighted by molar-refractivity contribution is 5.93. The van der Waals surface area contributed by atoms with E-state index in [1.54, 1.807) is 32.9 Å². The summed E-state index contributed by atoms with van der Waals surface area (Å²) >= 11 is 0. The fraction of sp³-hybridized carbons (Fsp3) is 0.357. The van der Waals surface area contributed by atoms with E-state index >= 15 is 0 Å². The standard InChI is InChI=1S/C14H17NO6/c1-9(16)19-11-8-6-5-7-10(11)12(17)21-15-13(18)20-14(2,3)4/h5-8H,1-4H3,(H,15,18). The van der Waals surface area contributed by atoms with Crippen LogP contribution in [0, 0.1) is 0 Å². The molecule has 7 heteroatoms. The zero-order chi connectivity index (χ0) is 16.0. The first-order chi connectivity index (χ1) is 9.69. The largest absolute Gasteiger partial charge is 0.442 e. The Bertz CT molecular complexity index is 547. The second-order valence-electron chi connectivity index (χ2n) is 5.08. The monoisotopic (exact) mass is 295 g/mol. The normalized spacial score (nSPS) is 10.5. The number of ether oxygens (including phenoxy) is 2. The van der Waals surface area contributed by atoms with E-state index in [9.17, 15) is 14.4 Å². The van der Waals surface area contributed by atoms with E-state index < -0.39 is 23.6 Å². The highest BCUT2D eigenvalue weighted by Gasteiger charge is 2.19. The van der Waals surface area contributed by atoms with Crippen LogP contribution in [-0.2, 0) is 14.4 Å². The van der Waals surface area contributed by atoms with E-state index in [0.29, 0.717) is 0 Å². The molecule has 0 aliphatic heterocycles. The molecular formula is C14H17NO6. The van der Waals surface area contributed by atoms with Crippen molar-refractivity contribution in [3.8, 4) is 5.75 Å². The Morgan fingerprint density at radius 2 is 1.71 bits per heavy atom. The Morgan fingerprint density at radius 1 is 1.10 bits per heavy atom. The average Bonchev–Trinajstić information content (AvgIpc) is 2.34. The molecule has 0 spiro atoms. The summed E-state index contributed by atoms with van der Waals surface area (Å²) in [7, 11) is 0. The molecule has 0 fully saturated rings. The summed E-state index contributed by atoms with van der Waals surface area (Å²) in [4.78, 5) is 38.7. The third-order valence-corrected chi connectivity index (χ3v) is 1.99. The van der Waals surface area contributed by atoms with Gasteiger partial charge < -0.3 is 14.3 Å². The highest BCUT2D eigenvalue weighted by atomic mass is 16.7. The van der Waals surface area contributed by atoms with Gasteiger partial charge in [-0.05, 0) is 32.9 Å². The minimum Gasteiger partial charge on any atom is -0.442 e. The Kier molecular flexibility index (Phi) is 5.29.